The number of methoxy groups -OCH3 is 1. The zero-order valence-corrected chi connectivity index (χ0v) is 15.0. The number of hydrogen-bond acceptors (Lipinski definition) is 5. The van der Waals surface area contributed by atoms with Crippen molar-refractivity contribution in [3.05, 3.63) is 53.6 Å². The zero-order valence-electron chi connectivity index (χ0n) is 15.0. The van der Waals surface area contributed by atoms with Gasteiger partial charge in [-0.05, 0) is 44.2 Å². The molecule has 6 nitrogen and oxygen atoms in total. The number of benzene rings is 2. The van der Waals surface area contributed by atoms with Crippen LogP contribution in [0.4, 0.5) is 14.5 Å². The maximum Gasteiger partial charge on any atom is 0.339 e. The lowest BCUT2D eigenvalue weighted by atomic mass is 10.2. The molecule has 8 heteroatoms. The summed E-state index contributed by atoms with van der Waals surface area (Å²) < 4.78 is 41.8. The second-order valence-corrected chi connectivity index (χ2v) is 5.46. The van der Waals surface area contributed by atoms with Crippen LogP contribution in [0, 0.1) is 11.6 Å². The van der Waals surface area contributed by atoms with Crippen LogP contribution in [0.5, 0.6) is 11.5 Å². The van der Waals surface area contributed by atoms with Crippen molar-refractivity contribution in [2.75, 3.05) is 19.0 Å². The monoisotopic (exact) mass is 379 g/mol. The van der Waals surface area contributed by atoms with Crippen LogP contribution in [0.2, 0.25) is 0 Å². The minimum Gasteiger partial charge on any atom is -0.493 e. The third-order valence-electron chi connectivity index (χ3n) is 3.54. The van der Waals surface area contributed by atoms with E-state index in [1.54, 1.807) is 13.0 Å². The number of halogens is 2. The Morgan fingerprint density at radius 2 is 1.81 bits per heavy atom. The van der Waals surface area contributed by atoms with Gasteiger partial charge in [0.05, 0.1) is 19.3 Å². The summed E-state index contributed by atoms with van der Waals surface area (Å²) in [5, 5.41) is 2.35. The molecule has 0 radical (unpaired) electrons. The highest BCUT2D eigenvalue weighted by Crippen LogP contribution is 2.28. The Bertz CT molecular complexity index is 841. The molecular weight excluding hydrogens is 360 g/mol. The third-order valence-corrected chi connectivity index (χ3v) is 3.54. The number of nitrogens with one attached hydrogen (secondary N) is 1. The number of esters is 1. The molecule has 2 aromatic carbocycles. The van der Waals surface area contributed by atoms with Gasteiger partial charge in [-0.15, -0.1) is 0 Å². The van der Waals surface area contributed by atoms with Gasteiger partial charge in [0.2, 0.25) is 0 Å². The van der Waals surface area contributed by atoms with Crippen LogP contribution in [0.1, 0.15) is 24.2 Å². The van der Waals surface area contributed by atoms with E-state index in [0.29, 0.717) is 18.1 Å². The van der Waals surface area contributed by atoms with Crippen molar-refractivity contribution in [2.45, 2.75) is 20.0 Å². The van der Waals surface area contributed by atoms with E-state index in [2.05, 4.69) is 5.32 Å². The normalized spacial score (nSPS) is 11.4. The highest BCUT2D eigenvalue weighted by Gasteiger charge is 2.20. The minimum atomic E-state index is -1.16. The Hall–Kier alpha value is -3.16. The molecule has 144 valence electrons. The molecule has 0 saturated heterocycles. The van der Waals surface area contributed by atoms with E-state index in [1.165, 1.54) is 32.2 Å². The lowest BCUT2D eigenvalue weighted by molar-refractivity contribution is -0.123. The molecule has 0 unspecified atom stereocenters. The van der Waals surface area contributed by atoms with Gasteiger partial charge in [-0.1, -0.05) is 0 Å². The first-order valence-corrected chi connectivity index (χ1v) is 8.13. The maximum absolute atomic E-state index is 13.2. The lowest BCUT2D eigenvalue weighted by Crippen LogP contribution is -2.30. The topological polar surface area (TPSA) is 73.9 Å². The van der Waals surface area contributed by atoms with Gasteiger partial charge in [0.1, 0.15) is 0 Å². The first-order chi connectivity index (χ1) is 12.8. The molecule has 0 heterocycles. The Kier molecular flexibility index (Phi) is 6.70. The lowest BCUT2D eigenvalue weighted by Gasteiger charge is -2.15. The second kappa shape index (κ2) is 8.98. The molecule has 0 fully saturated rings. The molecule has 0 aliphatic rings. The number of amides is 1. The van der Waals surface area contributed by atoms with Crippen LogP contribution in [-0.4, -0.2) is 31.7 Å². The molecule has 1 amide bonds. The SMILES string of the molecule is CCOc1cc(C(=O)O[C@H](C)C(=O)Nc2ccc(F)c(F)c2)ccc1OC. The summed E-state index contributed by atoms with van der Waals surface area (Å²) in [6.45, 7) is 3.52. The summed E-state index contributed by atoms with van der Waals surface area (Å²) in [6, 6.07) is 7.39. The van der Waals surface area contributed by atoms with Crippen LogP contribution < -0.4 is 14.8 Å². The molecule has 0 aliphatic carbocycles. The van der Waals surface area contributed by atoms with Gasteiger partial charge in [0.25, 0.3) is 5.91 Å². The van der Waals surface area contributed by atoms with Gasteiger partial charge in [0, 0.05) is 11.8 Å². The second-order valence-electron chi connectivity index (χ2n) is 5.46. The number of carbonyl (C=O) groups excluding carboxylic acids is 2. The van der Waals surface area contributed by atoms with Crippen molar-refractivity contribution in [2.24, 2.45) is 0 Å². The van der Waals surface area contributed by atoms with E-state index in [-0.39, 0.29) is 11.3 Å². The maximum atomic E-state index is 13.2. The van der Waals surface area contributed by atoms with Crippen LogP contribution in [0.15, 0.2) is 36.4 Å². The van der Waals surface area contributed by atoms with Gasteiger partial charge in [0.15, 0.2) is 29.2 Å². The number of ether oxygens (including phenoxy) is 3. The van der Waals surface area contributed by atoms with Crippen molar-refractivity contribution in [3.8, 4) is 11.5 Å². The number of anilines is 1. The van der Waals surface area contributed by atoms with Gasteiger partial charge < -0.3 is 19.5 Å². The first-order valence-electron chi connectivity index (χ1n) is 8.13. The molecule has 1 N–H and O–H groups in total. The van der Waals surface area contributed by atoms with Crippen LogP contribution in [0.3, 0.4) is 0 Å². The molecular formula is C19H19F2NO5. The quantitative estimate of drug-likeness (QED) is 0.745. The number of carbonyl (C=O) groups is 2. The summed E-state index contributed by atoms with van der Waals surface area (Å²) in [7, 11) is 1.47. The fourth-order valence-corrected chi connectivity index (χ4v) is 2.17. The highest BCUT2D eigenvalue weighted by molar-refractivity contribution is 5.97. The van der Waals surface area contributed by atoms with Crippen molar-refractivity contribution < 1.29 is 32.6 Å². The molecule has 2 aromatic rings. The molecule has 0 aromatic heterocycles. The molecule has 0 aliphatic heterocycles. The predicted molar refractivity (Wildman–Crippen MR) is 94.0 cm³/mol. The number of hydrogen-bond donors (Lipinski definition) is 1. The Balaban J connectivity index is 2.04. The van der Waals surface area contributed by atoms with E-state index >= 15 is 0 Å². The largest absolute Gasteiger partial charge is 0.493 e. The summed E-state index contributed by atoms with van der Waals surface area (Å²) >= 11 is 0. The van der Waals surface area contributed by atoms with Gasteiger partial charge >= 0.3 is 5.97 Å². The van der Waals surface area contributed by atoms with E-state index in [4.69, 9.17) is 14.2 Å². The molecule has 0 saturated carbocycles. The molecule has 0 spiro atoms. The van der Waals surface area contributed by atoms with Crippen molar-refractivity contribution in [3.63, 3.8) is 0 Å². The molecule has 2 rings (SSSR count). The summed E-state index contributed by atoms with van der Waals surface area (Å²) in [5.74, 6) is -2.73. The van der Waals surface area contributed by atoms with Crippen LogP contribution in [0.25, 0.3) is 0 Å². The summed E-state index contributed by atoms with van der Waals surface area (Å²) in [6.07, 6.45) is -1.16. The smallest absolute Gasteiger partial charge is 0.339 e. The minimum absolute atomic E-state index is 0.0462. The zero-order chi connectivity index (χ0) is 20.0. The Morgan fingerprint density at radius 3 is 2.44 bits per heavy atom. The fraction of sp³-hybridized carbons (Fsp3) is 0.263. The molecule has 27 heavy (non-hydrogen) atoms. The summed E-state index contributed by atoms with van der Waals surface area (Å²) in [5.41, 5.74) is 0.219. The van der Waals surface area contributed by atoms with Gasteiger partial charge in [-0.2, -0.15) is 0 Å². The first kappa shape index (κ1) is 20.2. The fourth-order valence-electron chi connectivity index (χ4n) is 2.17. The summed E-state index contributed by atoms with van der Waals surface area (Å²) in [4.78, 5) is 24.4. The third kappa shape index (κ3) is 5.16. The van der Waals surface area contributed by atoms with Crippen LogP contribution in [-0.2, 0) is 9.53 Å². The van der Waals surface area contributed by atoms with Gasteiger partial charge in [-0.3, -0.25) is 4.79 Å². The average molecular weight is 379 g/mol. The van der Waals surface area contributed by atoms with Crippen LogP contribution >= 0.6 is 0 Å². The van der Waals surface area contributed by atoms with E-state index in [9.17, 15) is 18.4 Å². The van der Waals surface area contributed by atoms with E-state index < -0.39 is 29.6 Å². The Labute approximate surface area is 155 Å². The van der Waals surface area contributed by atoms with E-state index in [1.807, 2.05) is 0 Å². The number of rotatable bonds is 7. The molecule has 0 bridgehead atoms. The van der Waals surface area contributed by atoms with Crippen molar-refractivity contribution in [1.29, 1.82) is 0 Å². The van der Waals surface area contributed by atoms with Crippen molar-refractivity contribution in [1.82, 2.24) is 0 Å². The van der Waals surface area contributed by atoms with Gasteiger partial charge in [-0.25, -0.2) is 13.6 Å². The standard InChI is InChI=1S/C19H19F2NO5/c1-4-26-17-9-12(5-8-16(17)25-3)19(24)27-11(2)18(23)22-13-6-7-14(20)15(21)10-13/h5-11H,4H2,1-3H3,(H,22,23)/t11-/m1/s1. The van der Waals surface area contributed by atoms with E-state index in [0.717, 1.165) is 12.1 Å². The predicted octanol–water partition coefficient (Wildman–Crippen LogP) is 3.56. The van der Waals surface area contributed by atoms with Crippen molar-refractivity contribution >= 4 is 17.6 Å². The average Bonchev–Trinajstić information content (AvgIpc) is 2.64. The molecule has 1 atom stereocenters. The Morgan fingerprint density at radius 1 is 1.07 bits per heavy atom. The highest BCUT2D eigenvalue weighted by atomic mass is 19.2.